The maximum atomic E-state index is 14.3. The molecule has 6 aromatic rings. The number of aryl methyl sites for hydroxylation is 1. The Morgan fingerprint density at radius 1 is 0.915 bits per heavy atom. The highest BCUT2D eigenvalue weighted by Gasteiger charge is 2.32. The van der Waals surface area contributed by atoms with E-state index in [2.05, 4.69) is 136 Å². The van der Waals surface area contributed by atoms with Crippen LogP contribution in [0.4, 0.5) is 0 Å². The van der Waals surface area contributed by atoms with Crippen LogP contribution < -0.4 is 24.4 Å². The van der Waals surface area contributed by atoms with Gasteiger partial charge in [-0.3, -0.25) is 9.36 Å². The van der Waals surface area contributed by atoms with Crippen molar-refractivity contribution in [2.45, 2.75) is 25.5 Å². The summed E-state index contributed by atoms with van der Waals surface area (Å²) in [4.78, 5) is 20.1. The number of nitrogens with zero attached hydrogens (tertiary/aromatic N) is 2. The molecule has 1 atom stereocenters. The van der Waals surface area contributed by atoms with E-state index in [1.54, 1.807) is 7.11 Å². The van der Waals surface area contributed by atoms with Gasteiger partial charge in [-0.25, -0.2) is 4.99 Å². The number of rotatable bonds is 6. The lowest BCUT2D eigenvalue weighted by Crippen LogP contribution is -2.38. The fourth-order valence-corrected chi connectivity index (χ4v) is 9.76. The predicted molar refractivity (Wildman–Crippen MR) is 206 cm³/mol. The second kappa shape index (κ2) is 12.7. The predicted octanol–water partition coefficient (Wildman–Crippen LogP) is 8.27. The van der Waals surface area contributed by atoms with Gasteiger partial charge in [0.2, 0.25) is 0 Å². The molecule has 8 heteroatoms. The van der Waals surface area contributed by atoms with Crippen molar-refractivity contribution in [3.63, 3.8) is 0 Å². The van der Waals surface area contributed by atoms with Gasteiger partial charge in [-0.15, -0.1) is 0 Å². The molecule has 5 aromatic carbocycles. The van der Waals surface area contributed by atoms with Crippen molar-refractivity contribution in [1.82, 2.24) is 4.57 Å². The second-order valence-electron chi connectivity index (χ2n) is 11.6. The third-order valence-corrected chi connectivity index (χ3v) is 11.5. The minimum absolute atomic E-state index is 0.0266. The number of aromatic nitrogens is 1. The molecule has 8 rings (SSSR count). The summed E-state index contributed by atoms with van der Waals surface area (Å²) in [6.45, 7) is 0.477. The molecule has 0 N–H and O–H groups in total. The number of methoxy groups -OCH3 is 1. The molecule has 1 aliphatic heterocycles. The van der Waals surface area contributed by atoms with Crippen molar-refractivity contribution >= 4 is 79.1 Å². The zero-order chi connectivity index (χ0) is 32.1. The number of hydrogen-bond acceptors (Lipinski definition) is 5. The van der Waals surface area contributed by atoms with Crippen molar-refractivity contribution < 1.29 is 9.47 Å². The number of allylic oxidation sites excluding steroid dienone is 1. The normalized spacial score (nSPS) is 15.6. The monoisotopic (exact) mass is 858 g/mol. The SMILES string of the molecule is COc1ccc([C@H]2C3=C(N=c4s/c(=C\c5cc(I)c(OCc6cccc7ccccc67)c(I)c5)c(=O)n42)c2ccccc2CC3)cc1. The first-order chi connectivity index (χ1) is 23.0. The van der Waals surface area contributed by atoms with E-state index in [0.29, 0.717) is 11.1 Å². The van der Waals surface area contributed by atoms with Crippen LogP contribution in [-0.4, -0.2) is 11.7 Å². The van der Waals surface area contributed by atoms with Crippen LogP contribution in [0.3, 0.4) is 0 Å². The number of fused-ring (bicyclic) bond motifs is 4. The molecule has 5 nitrogen and oxygen atoms in total. The molecule has 0 saturated carbocycles. The van der Waals surface area contributed by atoms with Crippen molar-refractivity contribution in [3.8, 4) is 11.5 Å². The van der Waals surface area contributed by atoms with E-state index < -0.39 is 0 Å². The van der Waals surface area contributed by atoms with E-state index in [-0.39, 0.29) is 11.6 Å². The van der Waals surface area contributed by atoms with Crippen LogP contribution >= 0.6 is 56.5 Å². The molecule has 0 saturated heterocycles. The Bertz CT molecular complexity index is 2380. The van der Waals surface area contributed by atoms with E-state index in [9.17, 15) is 4.79 Å². The van der Waals surface area contributed by atoms with Crippen LogP contribution in [0.1, 0.15) is 40.3 Å². The minimum Gasteiger partial charge on any atom is -0.497 e. The Kier molecular flexibility index (Phi) is 8.27. The molecule has 232 valence electrons. The van der Waals surface area contributed by atoms with Gasteiger partial charge in [0.05, 0.1) is 30.5 Å². The molecule has 2 heterocycles. The van der Waals surface area contributed by atoms with Crippen molar-refractivity contribution in [2.24, 2.45) is 4.99 Å². The van der Waals surface area contributed by atoms with Crippen molar-refractivity contribution in [1.29, 1.82) is 0 Å². The maximum Gasteiger partial charge on any atom is 0.271 e. The van der Waals surface area contributed by atoms with E-state index in [1.807, 2.05) is 22.8 Å². The van der Waals surface area contributed by atoms with Gasteiger partial charge in [-0.1, -0.05) is 90.2 Å². The molecule has 0 spiro atoms. The highest BCUT2D eigenvalue weighted by atomic mass is 127. The number of benzene rings is 5. The number of thiazole rings is 1. The van der Waals surface area contributed by atoms with E-state index in [0.717, 1.165) is 64.2 Å². The molecule has 0 unspecified atom stereocenters. The Morgan fingerprint density at radius 3 is 2.47 bits per heavy atom. The number of halogens is 2. The molecule has 47 heavy (non-hydrogen) atoms. The number of hydrogen-bond donors (Lipinski definition) is 0. The van der Waals surface area contributed by atoms with Crippen LogP contribution in [0.25, 0.3) is 22.5 Å². The van der Waals surface area contributed by atoms with Gasteiger partial charge >= 0.3 is 0 Å². The largest absolute Gasteiger partial charge is 0.497 e. The lowest BCUT2D eigenvalue weighted by atomic mass is 9.83. The standard InChI is InChI=1S/C39H28I2N2O3S/c1-45-28-16-13-26(14-17-28)36-31-18-15-25-8-3-5-12-30(25)35(31)42-39-43(36)38(44)34(47-39)21-23-19-32(40)37(33(41)20-23)46-22-27-10-6-9-24-7-2-4-11-29(24)27/h2-14,16-17,19-21,36H,15,18,22H2,1H3/b34-21-/t36-/m0/s1. The Hall–Kier alpha value is -3.74. The Morgan fingerprint density at radius 2 is 1.66 bits per heavy atom. The quantitative estimate of drug-likeness (QED) is 0.159. The second-order valence-corrected chi connectivity index (χ2v) is 15.0. The lowest BCUT2D eigenvalue weighted by molar-refractivity contribution is 0.303. The molecule has 1 aliphatic carbocycles. The van der Waals surface area contributed by atoms with Gasteiger partial charge in [0.25, 0.3) is 5.56 Å². The molecule has 1 aromatic heterocycles. The Balaban J connectivity index is 1.19. The van der Waals surface area contributed by atoms with Gasteiger partial charge < -0.3 is 9.47 Å². The Labute approximate surface area is 303 Å². The summed E-state index contributed by atoms with van der Waals surface area (Å²) in [7, 11) is 1.67. The van der Waals surface area contributed by atoms with Crippen LogP contribution in [0.15, 0.2) is 118 Å². The zero-order valence-corrected chi connectivity index (χ0v) is 30.5. The first-order valence-electron chi connectivity index (χ1n) is 15.3. The van der Waals surface area contributed by atoms with E-state index in [1.165, 1.54) is 33.2 Å². The third-order valence-electron chi connectivity index (χ3n) is 8.87. The average Bonchev–Trinajstić information content (AvgIpc) is 3.40. The van der Waals surface area contributed by atoms with Gasteiger partial charge in [0.1, 0.15) is 18.1 Å². The molecular weight excluding hydrogens is 830 g/mol. The van der Waals surface area contributed by atoms with Gasteiger partial charge in [-0.2, -0.15) is 0 Å². The van der Waals surface area contributed by atoms with Crippen LogP contribution in [0.2, 0.25) is 0 Å². The fourth-order valence-electron chi connectivity index (χ4n) is 6.63. The third kappa shape index (κ3) is 5.63. The molecular formula is C39H28I2N2O3S. The smallest absolute Gasteiger partial charge is 0.271 e. The van der Waals surface area contributed by atoms with Crippen LogP contribution in [-0.2, 0) is 13.0 Å². The summed E-state index contributed by atoms with van der Waals surface area (Å²) in [5, 5.41) is 2.40. The van der Waals surface area contributed by atoms with Crippen LogP contribution in [0.5, 0.6) is 11.5 Å². The summed E-state index contributed by atoms with van der Waals surface area (Å²) < 4.78 is 16.4. The summed E-state index contributed by atoms with van der Waals surface area (Å²) in [5.74, 6) is 1.64. The first-order valence-corrected chi connectivity index (χ1v) is 18.3. The van der Waals surface area contributed by atoms with E-state index in [4.69, 9.17) is 14.5 Å². The molecule has 2 aliphatic rings. The summed E-state index contributed by atoms with van der Waals surface area (Å²) in [6, 6.07) is 35.2. The fraction of sp³-hybridized carbons (Fsp3) is 0.128. The number of ether oxygens (including phenoxy) is 2. The summed E-state index contributed by atoms with van der Waals surface area (Å²) >= 11 is 6.12. The van der Waals surface area contributed by atoms with Gasteiger partial charge in [0, 0.05) is 5.56 Å². The molecule has 0 amide bonds. The van der Waals surface area contributed by atoms with Crippen LogP contribution in [0, 0.1) is 7.14 Å². The topological polar surface area (TPSA) is 52.8 Å². The first kappa shape index (κ1) is 30.6. The molecule has 0 fully saturated rings. The lowest BCUT2D eigenvalue weighted by Gasteiger charge is -2.30. The summed E-state index contributed by atoms with van der Waals surface area (Å²) in [5.41, 5.74) is 7.77. The van der Waals surface area contributed by atoms with Gasteiger partial charge in [0.15, 0.2) is 4.80 Å². The molecule has 0 bridgehead atoms. The zero-order valence-electron chi connectivity index (χ0n) is 25.4. The van der Waals surface area contributed by atoms with Crippen molar-refractivity contribution in [2.75, 3.05) is 7.11 Å². The average molecular weight is 859 g/mol. The summed E-state index contributed by atoms with van der Waals surface area (Å²) in [6.07, 6.45) is 3.77. The van der Waals surface area contributed by atoms with Crippen molar-refractivity contribution in [3.05, 3.63) is 163 Å². The van der Waals surface area contributed by atoms with Gasteiger partial charge in [-0.05, 0) is 127 Å². The van der Waals surface area contributed by atoms with E-state index >= 15 is 0 Å². The minimum atomic E-state index is -0.229. The molecule has 0 radical (unpaired) electrons. The maximum absolute atomic E-state index is 14.3. The highest BCUT2D eigenvalue weighted by molar-refractivity contribution is 14.1. The highest BCUT2D eigenvalue weighted by Crippen LogP contribution is 2.41.